The molecule has 2 aromatic rings. The van der Waals surface area contributed by atoms with Crippen LogP contribution in [0.1, 0.15) is 55.2 Å². The zero-order valence-electron chi connectivity index (χ0n) is 20.0. The lowest BCUT2D eigenvalue weighted by atomic mass is 10.1. The van der Waals surface area contributed by atoms with Crippen molar-refractivity contribution in [3.05, 3.63) is 33.3 Å². The molecule has 0 spiro atoms. The van der Waals surface area contributed by atoms with Crippen LogP contribution in [0.2, 0.25) is 0 Å². The lowest BCUT2D eigenvalue weighted by molar-refractivity contribution is -0.128. The van der Waals surface area contributed by atoms with E-state index in [-0.39, 0.29) is 47.8 Å². The molecule has 186 valence electrons. The SMILES string of the molecule is Cc1nn2c(=O)c(C(=O)NC3CC3)c(O)n(CC(C)C)c2c1C=CC(=O)N1CCNCC1C.Cl. The maximum atomic E-state index is 13.2. The number of fused-ring (bicyclic) bond motifs is 1. The minimum Gasteiger partial charge on any atom is -0.494 e. The van der Waals surface area contributed by atoms with Gasteiger partial charge in [0.05, 0.1) is 5.69 Å². The van der Waals surface area contributed by atoms with E-state index in [1.165, 1.54) is 6.08 Å². The molecule has 1 aliphatic carbocycles. The van der Waals surface area contributed by atoms with Crippen LogP contribution in [-0.4, -0.2) is 67.7 Å². The minimum absolute atomic E-state index is 0. The van der Waals surface area contributed by atoms with Crippen LogP contribution in [0.3, 0.4) is 0 Å². The zero-order chi connectivity index (χ0) is 23.9. The Bertz CT molecular complexity index is 1180. The standard InChI is InChI=1S/C23H32N6O4.ClH/c1-13(2)12-28-21-17(7-8-18(30)27-10-9-24-11-14(27)3)15(4)26-29(21)23(33)19(22(28)32)20(31)25-16-5-6-16;/h7-8,13-14,16,24,32H,5-6,9-12H2,1-4H3,(H,25,31);1H. The molecule has 1 saturated heterocycles. The topological polar surface area (TPSA) is 121 Å². The average molecular weight is 493 g/mol. The first-order valence-corrected chi connectivity index (χ1v) is 11.5. The molecule has 0 radical (unpaired) electrons. The minimum atomic E-state index is -0.676. The number of amides is 2. The first-order chi connectivity index (χ1) is 15.7. The second-order valence-corrected chi connectivity index (χ2v) is 9.41. The van der Waals surface area contributed by atoms with Crippen molar-refractivity contribution in [3.8, 4) is 5.88 Å². The molecule has 11 heteroatoms. The Labute approximate surface area is 204 Å². The van der Waals surface area contributed by atoms with E-state index in [4.69, 9.17) is 0 Å². The third kappa shape index (κ3) is 4.97. The van der Waals surface area contributed by atoms with E-state index in [9.17, 15) is 19.5 Å². The van der Waals surface area contributed by atoms with Crippen molar-refractivity contribution in [3.63, 3.8) is 0 Å². The zero-order valence-corrected chi connectivity index (χ0v) is 20.8. The van der Waals surface area contributed by atoms with Crippen molar-refractivity contribution in [2.24, 2.45) is 5.92 Å². The number of aryl methyl sites for hydroxylation is 1. The van der Waals surface area contributed by atoms with Gasteiger partial charge in [-0.25, -0.2) is 0 Å². The van der Waals surface area contributed by atoms with Crippen LogP contribution in [0.4, 0.5) is 0 Å². The van der Waals surface area contributed by atoms with Crippen LogP contribution in [0.25, 0.3) is 11.7 Å². The highest BCUT2D eigenvalue weighted by atomic mass is 35.5. The molecule has 0 bridgehead atoms. The smallest absolute Gasteiger partial charge is 0.291 e. The Hall–Kier alpha value is -2.85. The van der Waals surface area contributed by atoms with E-state index in [1.54, 1.807) is 22.5 Å². The first-order valence-electron chi connectivity index (χ1n) is 11.5. The maximum Gasteiger partial charge on any atom is 0.291 e. The van der Waals surface area contributed by atoms with Gasteiger partial charge in [-0.3, -0.25) is 19.0 Å². The molecule has 2 aliphatic rings. The van der Waals surface area contributed by atoms with Gasteiger partial charge in [0.2, 0.25) is 11.8 Å². The third-order valence-corrected chi connectivity index (χ3v) is 6.09. The van der Waals surface area contributed by atoms with Gasteiger partial charge in [-0.1, -0.05) is 13.8 Å². The number of rotatable bonds is 6. The second kappa shape index (κ2) is 10.2. The van der Waals surface area contributed by atoms with Gasteiger partial charge in [0, 0.05) is 49.9 Å². The average Bonchev–Trinajstić information content (AvgIpc) is 3.50. The van der Waals surface area contributed by atoms with Crippen LogP contribution >= 0.6 is 12.4 Å². The van der Waals surface area contributed by atoms with Crippen LogP contribution in [0, 0.1) is 12.8 Å². The molecular formula is C23H33ClN6O4. The number of hydrogen-bond acceptors (Lipinski definition) is 6. The number of aromatic hydroxyl groups is 1. The summed E-state index contributed by atoms with van der Waals surface area (Å²) < 4.78 is 2.71. The number of nitrogens with zero attached hydrogens (tertiary/aromatic N) is 4. The van der Waals surface area contributed by atoms with E-state index >= 15 is 0 Å². The Morgan fingerprint density at radius 3 is 2.65 bits per heavy atom. The number of nitrogens with one attached hydrogen (secondary N) is 2. The number of carbonyl (C=O) groups excluding carboxylic acids is 2. The van der Waals surface area contributed by atoms with Gasteiger partial charge < -0.3 is 20.6 Å². The fraction of sp³-hybridized carbons (Fsp3) is 0.565. The highest BCUT2D eigenvalue weighted by Crippen LogP contribution is 2.26. The van der Waals surface area contributed by atoms with Crippen molar-refractivity contribution in [1.29, 1.82) is 0 Å². The van der Waals surface area contributed by atoms with Crippen molar-refractivity contribution >= 4 is 35.9 Å². The molecule has 1 unspecified atom stereocenters. The van der Waals surface area contributed by atoms with Gasteiger partial charge in [0.25, 0.3) is 11.5 Å². The number of halogens is 1. The Balaban J connectivity index is 0.00000324. The molecule has 1 saturated carbocycles. The highest BCUT2D eigenvalue weighted by molar-refractivity contribution is 5.97. The summed E-state index contributed by atoms with van der Waals surface area (Å²) in [5.74, 6) is -0.967. The van der Waals surface area contributed by atoms with Crippen LogP contribution in [0.15, 0.2) is 10.9 Å². The molecular weight excluding hydrogens is 460 g/mol. The first kappa shape index (κ1) is 25.8. The normalized spacial score (nSPS) is 18.5. The molecule has 3 heterocycles. The molecule has 2 amide bonds. The van der Waals surface area contributed by atoms with E-state index < -0.39 is 11.5 Å². The number of hydrogen-bond donors (Lipinski definition) is 3. The van der Waals surface area contributed by atoms with Gasteiger partial charge in [-0.2, -0.15) is 9.61 Å². The fourth-order valence-electron chi connectivity index (χ4n) is 4.20. The maximum absolute atomic E-state index is 13.2. The van der Waals surface area contributed by atoms with E-state index in [2.05, 4.69) is 15.7 Å². The number of piperazine rings is 1. The summed E-state index contributed by atoms with van der Waals surface area (Å²) in [4.78, 5) is 40.5. The van der Waals surface area contributed by atoms with Gasteiger partial charge in [0.1, 0.15) is 5.65 Å². The van der Waals surface area contributed by atoms with Gasteiger partial charge in [-0.05, 0) is 38.7 Å². The molecule has 3 N–H and O–H groups in total. The van der Waals surface area contributed by atoms with E-state index in [0.29, 0.717) is 30.0 Å². The van der Waals surface area contributed by atoms with Crippen LogP contribution in [-0.2, 0) is 11.3 Å². The number of aromatic nitrogens is 3. The third-order valence-electron chi connectivity index (χ3n) is 6.09. The predicted octanol–water partition coefficient (Wildman–Crippen LogP) is 1.31. The van der Waals surface area contributed by atoms with Gasteiger partial charge >= 0.3 is 0 Å². The van der Waals surface area contributed by atoms with Crippen molar-refractivity contribution in [1.82, 2.24) is 29.7 Å². The fourth-order valence-corrected chi connectivity index (χ4v) is 4.20. The molecule has 1 aliphatic heterocycles. The molecule has 1 atom stereocenters. The monoisotopic (exact) mass is 492 g/mol. The van der Waals surface area contributed by atoms with Crippen molar-refractivity contribution in [2.75, 3.05) is 19.6 Å². The molecule has 34 heavy (non-hydrogen) atoms. The van der Waals surface area contributed by atoms with Gasteiger partial charge in [-0.15, -0.1) is 12.4 Å². The van der Waals surface area contributed by atoms with Gasteiger partial charge in [0.15, 0.2) is 5.56 Å². The number of carbonyl (C=O) groups is 2. The summed E-state index contributed by atoms with van der Waals surface area (Å²) in [6.45, 7) is 10.2. The summed E-state index contributed by atoms with van der Waals surface area (Å²) in [5, 5.41) is 21.4. The predicted molar refractivity (Wildman–Crippen MR) is 132 cm³/mol. The van der Waals surface area contributed by atoms with E-state index in [1.807, 2.05) is 20.8 Å². The Kier molecular flexibility index (Phi) is 7.72. The lowest BCUT2D eigenvalue weighted by Crippen LogP contribution is -2.51. The molecule has 2 aromatic heterocycles. The van der Waals surface area contributed by atoms with E-state index in [0.717, 1.165) is 30.4 Å². The summed E-state index contributed by atoms with van der Waals surface area (Å²) in [6, 6.07) is 0.124. The van der Waals surface area contributed by atoms with Crippen molar-refractivity contribution in [2.45, 2.75) is 59.2 Å². The largest absolute Gasteiger partial charge is 0.494 e. The summed E-state index contributed by atoms with van der Waals surface area (Å²) in [5.41, 5.74) is 0.475. The highest BCUT2D eigenvalue weighted by Gasteiger charge is 2.30. The van der Waals surface area contributed by atoms with Crippen LogP contribution < -0.4 is 16.2 Å². The van der Waals surface area contributed by atoms with Crippen molar-refractivity contribution < 1.29 is 14.7 Å². The molecule has 2 fully saturated rings. The summed E-state index contributed by atoms with van der Waals surface area (Å²) >= 11 is 0. The summed E-state index contributed by atoms with van der Waals surface area (Å²) in [7, 11) is 0. The molecule has 4 rings (SSSR count). The summed E-state index contributed by atoms with van der Waals surface area (Å²) in [6.07, 6.45) is 4.87. The Morgan fingerprint density at radius 1 is 1.32 bits per heavy atom. The van der Waals surface area contributed by atoms with Crippen LogP contribution in [0.5, 0.6) is 5.88 Å². The quantitative estimate of drug-likeness (QED) is 0.523. The lowest BCUT2D eigenvalue weighted by Gasteiger charge is -2.33. The Morgan fingerprint density at radius 2 is 2.03 bits per heavy atom. The molecule has 10 nitrogen and oxygen atoms in total. The second-order valence-electron chi connectivity index (χ2n) is 9.41. The molecule has 0 aromatic carbocycles.